The molecule has 0 heterocycles. The molecule has 1 fully saturated rings. The van der Waals surface area contributed by atoms with Crippen molar-refractivity contribution in [3.05, 3.63) is 35.9 Å². The van der Waals surface area contributed by atoms with Crippen LogP contribution in [-0.2, 0) is 0 Å². The van der Waals surface area contributed by atoms with Crippen LogP contribution in [0.3, 0.4) is 0 Å². The van der Waals surface area contributed by atoms with E-state index < -0.39 is 0 Å². The zero-order valence-electron chi connectivity index (χ0n) is 12.6. The number of hydrogen-bond donors (Lipinski definition) is 1. The molecule has 3 unspecified atom stereocenters. The number of hydrogen-bond acceptors (Lipinski definition) is 1. The quantitative estimate of drug-likeness (QED) is 0.767. The van der Waals surface area contributed by atoms with Crippen LogP contribution >= 0.6 is 0 Å². The number of benzene rings is 1. The number of unbranched alkanes of at least 4 members (excludes halogenated alkanes) is 1. The van der Waals surface area contributed by atoms with E-state index in [9.17, 15) is 0 Å². The Bertz CT molecular complexity index is 346. The van der Waals surface area contributed by atoms with Gasteiger partial charge >= 0.3 is 0 Å². The third-order valence-corrected chi connectivity index (χ3v) is 4.48. The van der Waals surface area contributed by atoms with E-state index in [4.69, 9.17) is 0 Å². The van der Waals surface area contributed by atoms with E-state index in [2.05, 4.69) is 49.5 Å². The van der Waals surface area contributed by atoms with Crippen molar-refractivity contribution in [3.63, 3.8) is 0 Å². The van der Waals surface area contributed by atoms with Gasteiger partial charge in [-0.05, 0) is 37.7 Å². The molecule has 0 aliphatic heterocycles. The fourth-order valence-electron chi connectivity index (χ4n) is 3.39. The molecule has 0 bridgehead atoms. The maximum Gasteiger partial charge on any atom is 0.0138 e. The van der Waals surface area contributed by atoms with Gasteiger partial charge < -0.3 is 5.32 Å². The molecule has 1 aromatic rings. The minimum Gasteiger partial charge on any atom is -0.311 e. The molecule has 3 atom stereocenters. The lowest BCUT2D eigenvalue weighted by Crippen LogP contribution is -2.42. The average molecular weight is 259 g/mol. The molecule has 1 aliphatic rings. The highest BCUT2D eigenvalue weighted by Crippen LogP contribution is 2.33. The SMILES string of the molecule is CCCCC(C)NC1CCCCC1c1ccccc1. The van der Waals surface area contributed by atoms with Crippen LogP contribution in [0.15, 0.2) is 30.3 Å². The van der Waals surface area contributed by atoms with Gasteiger partial charge in [-0.3, -0.25) is 0 Å². The van der Waals surface area contributed by atoms with Crippen LogP contribution in [0.5, 0.6) is 0 Å². The van der Waals surface area contributed by atoms with Crippen molar-refractivity contribution in [2.45, 2.75) is 76.8 Å². The van der Waals surface area contributed by atoms with E-state index in [0.717, 1.165) is 5.92 Å². The molecule has 1 aromatic carbocycles. The summed E-state index contributed by atoms with van der Waals surface area (Å²) in [5.41, 5.74) is 1.53. The van der Waals surface area contributed by atoms with Gasteiger partial charge in [0, 0.05) is 12.1 Å². The lowest BCUT2D eigenvalue weighted by atomic mass is 9.79. The largest absolute Gasteiger partial charge is 0.311 e. The fraction of sp³-hybridized carbons (Fsp3) is 0.667. The Balaban J connectivity index is 1.96. The Labute approximate surface area is 118 Å². The maximum atomic E-state index is 3.90. The van der Waals surface area contributed by atoms with E-state index in [-0.39, 0.29) is 0 Å². The van der Waals surface area contributed by atoms with Crippen molar-refractivity contribution in [1.82, 2.24) is 5.32 Å². The molecule has 1 nitrogen and oxygen atoms in total. The first kappa shape index (κ1) is 14.6. The van der Waals surface area contributed by atoms with E-state index >= 15 is 0 Å². The third-order valence-electron chi connectivity index (χ3n) is 4.48. The number of rotatable bonds is 6. The lowest BCUT2D eigenvalue weighted by Gasteiger charge is -2.35. The molecular formula is C18H29N. The van der Waals surface area contributed by atoms with Crippen molar-refractivity contribution in [2.75, 3.05) is 0 Å². The van der Waals surface area contributed by atoms with Crippen molar-refractivity contribution < 1.29 is 0 Å². The minimum absolute atomic E-state index is 0.661. The highest BCUT2D eigenvalue weighted by atomic mass is 15.0. The van der Waals surface area contributed by atoms with Crippen LogP contribution in [0, 0.1) is 0 Å². The monoisotopic (exact) mass is 259 g/mol. The van der Waals surface area contributed by atoms with Crippen molar-refractivity contribution in [3.8, 4) is 0 Å². The van der Waals surface area contributed by atoms with Gasteiger partial charge in [-0.15, -0.1) is 0 Å². The molecule has 0 amide bonds. The maximum absolute atomic E-state index is 3.90. The molecular weight excluding hydrogens is 230 g/mol. The summed E-state index contributed by atoms with van der Waals surface area (Å²) >= 11 is 0. The van der Waals surface area contributed by atoms with Crippen LogP contribution in [-0.4, -0.2) is 12.1 Å². The third kappa shape index (κ3) is 4.35. The predicted octanol–water partition coefficient (Wildman–Crippen LogP) is 4.88. The Morgan fingerprint density at radius 2 is 1.89 bits per heavy atom. The lowest BCUT2D eigenvalue weighted by molar-refractivity contribution is 0.297. The summed E-state index contributed by atoms with van der Waals surface area (Å²) in [5, 5.41) is 3.90. The summed E-state index contributed by atoms with van der Waals surface area (Å²) in [6, 6.07) is 12.4. The normalized spacial score (nSPS) is 25.2. The van der Waals surface area contributed by atoms with Gasteiger partial charge in [0.1, 0.15) is 0 Å². The van der Waals surface area contributed by atoms with E-state index in [1.54, 1.807) is 0 Å². The van der Waals surface area contributed by atoms with Crippen LogP contribution in [0.25, 0.3) is 0 Å². The second-order valence-electron chi connectivity index (χ2n) is 6.12. The molecule has 1 N–H and O–H groups in total. The Morgan fingerprint density at radius 3 is 2.63 bits per heavy atom. The average Bonchev–Trinajstić information content (AvgIpc) is 2.46. The van der Waals surface area contributed by atoms with Crippen molar-refractivity contribution >= 4 is 0 Å². The molecule has 1 saturated carbocycles. The van der Waals surface area contributed by atoms with Gasteiger partial charge in [0.25, 0.3) is 0 Å². The molecule has 0 saturated heterocycles. The predicted molar refractivity (Wildman–Crippen MR) is 83.6 cm³/mol. The first-order valence-electron chi connectivity index (χ1n) is 8.12. The summed E-state index contributed by atoms with van der Waals surface area (Å²) in [6.45, 7) is 4.63. The standard InChI is InChI=1S/C18H29N/c1-3-4-10-15(2)19-18-14-9-8-13-17(18)16-11-6-5-7-12-16/h5-7,11-12,15,17-19H,3-4,8-10,13-14H2,1-2H3. The first-order chi connectivity index (χ1) is 9.31. The van der Waals surface area contributed by atoms with Gasteiger partial charge in [0.15, 0.2) is 0 Å². The second kappa shape index (κ2) is 7.69. The summed E-state index contributed by atoms with van der Waals surface area (Å²) in [7, 11) is 0. The second-order valence-corrected chi connectivity index (χ2v) is 6.12. The first-order valence-corrected chi connectivity index (χ1v) is 8.12. The molecule has 0 spiro atoms. The molecule has 1 heteroatoms. The topological polar surface area (TPSA) is 12.0 Å². The highest BCUT2D eigenvalue weighted by molar-refractivity contribution is 5.22. The smallest absolute Gasteiger partial charge is 0.0138 e. The molecule has 0 aromatic heterocycles. The molecule has 2 rings (SSSR count). The Hall–Kier alpha value is -0.820. The van der Waals surface area contributed by atoms with E-state index in [0.29, 0.717) is 12.1 Å². The molecule has 106 valence electrons. The fourth-order valence-corrected chi connectivity index (χ4v) is 3.39. The zero-order valence-corrected chi connectivity index (χ0v) is 12.6. The van der Waals surface area contributed by atoms with Crippen LogP contribution in [0.2, 0.25) is 0 Å². The molecule has 19 heavy (non-hydrogen) atoms. The van der Waals surface area contributed by atoms with Gasteiger partial charge in [-0.2, -0.15) is 0 Å². The highest BCUT2D eigenvalue weighted by Gasteiger charge is 2.26. The van der Waals surface area contributed by atoms with E-state index in [1.165, 1.54) is 50.5 Å². The van der Waals surface area contributed by atoms with E-state index in [1.807, 2.05) is 0 Å². The zero-order chi connectivity index (χ0) is 13.5. The Morgan fingerprint density at radius 1 is 1.16 bits per heavy atom. The Kier molecular flexibility index (Phi) is 5.91. The van der Waals surface area contributed by atoms with Crippen LogP contribution in [0.1, 0.15) is 70.3 Å². The molecule has 1 aliphatic carbocycles. The summed E-state index contributed by atoms with van der Waals surface area (Å²) < 4.78 is 0. The summed E-state index contributed by atoms with van der Waals surface area (Å²) in [5.74, 6) is 0.721. The number of nitrogens with one attached hydrogen (secondary N) is 1. The van der Waals surface area contributed by atoms with Crippen LogP contribution in [0.4, 0.5) is 0 Å². The van der Waals surface area contributed by atoms with Gasteiger partial charge in [-0.1, -0.05) is 62.9 Å². The van der Waals surface area contributed by atoms with Crippen LogP contribution < -0.4 is 5.32 Å². The van der Waals surface area contributed by atoms with Gasteiger partial charge in [0.05, 0.1) is 0 Å². The minimum atomic E-state index is 0.661. The van der Waals surface area contributed by atoms with Gasteiger partial charge in [-0.25, -0.2) is 0 Å². The van der Waals surface area contributed by atoms with Crippen molar-refractivity contribution in [2.24, 2.45) is 0 Å². The molecule has 0 radical (unpaired) electrons. The van der Waals surface area contributed by atoms with Crippen molar-refractivity contribution in [1.29, 1.82) is 0 Å². The van der Waals surface area contributed by atoms with Gasteiger partial charge in [0.2, 0.25) is 0 Å². The summed E-state index contributed by atoms with van der Waals surface area (Å²) in [4.78, 5) is 0. The summed E-state index contributed by atoms with van der Waals surface area (Å²) in [6.07, 6.45) is 9.44.